The zero-order valence-electron chi connectivity index (χ0n) is 15.0. The van der Waals surface area contributed by atoms with Crippen molar-refractivity contribution in [2.24, 2.45) is 0 Å². The van der Waals surface area contributed by atoms with Crippen LogP contribution in [0.15, 0.2) is 36.4 Å². The summed E-state index contributed by atoms with van der Waals surface area (Å²) < 4.78 is 24.5. The van der Waals surface area contributed by atoms with Gasteiger partial charge in [-0.25, -0.2) is 4.39 Å². The summed E-state index contributed by atoms with van der Waals surface area (Å²) in [5, 5.41) is 4.37. The number of ether oxygens (including phenoxy) is 2. The molecule has 142 valence electrons. The maximum absolute atomic E-state index is 13.1. The first-order chi connectivity index (χ1) is 12.5. The average molecular weight is 400 g/mol. The Hall–Kier alpha value is -1.33. The SMILES string of the molecule is CC(C)OCCCNCc1cc(Cl)ccc1OCc1ccc(F)cc1Cl. The van der Waals surface area contributed by atoms with Gasteiger partial charge in [-0.05, 0) is 57.1 Å². The van der Waals surface area contributed by atoms with Crippen LogP contribution in [0.1, 0.15) is 31.4 Å². The molecular weight excluding hydrogens is 376 g/mol. The Morgan fingerprint density at radius 1 is 1.08 bits per heavy atom. The van der Waals surface area contributed by atoms with Gasteiger partial charge in [0.25, 0.3) is 0 Å². The third-order valence-corrected chi connectivity index (χ3v) is 4.27. The lowest BCUT2D eigenvalue weighted by Crippen LogP contribution is -2.18. The lowest BCUT2D eigenvalue weighted by molar-refractivity contribution is 0.0770. The van der Waals surface area contributed by atoms with Crippen molar-refractivity contribution < 1.29 is 13.9 Å². The number of hydrogen-bond donors (Lipinski definition) is 1. The molecule has 0 aliphatic heterocycles. The van der Waals surface area contributed by atoms with Crippen molar-refractivity contribution in [1.82, 2.24) is 5.32 Å². The summed E-state index contributed by atoms with van der Waals surface area (Å²) >= 11 is 12.2. The smallest absolute Gasteiger partial charge is 0.124 e. The van der Waals surface area contributed by atoms with Crippen LogP contribution >= 0.6 is 23.2 Å². The van der Waals surface area contributed by atoms with E-state index in [2.05, 4.69) is 5.32 Å². The van der Waals surface area contributed by atoms with Gasteiger partial charge in [-0.15, -0.1) is 0 Å². The molecule has 0 spiro atoms. The van der Waals surface area contributed by atoms with Crippen molar-refractivity contribution in [2.45, 2.75) is 39.5 Å². The fourth-order valence-electron chi connectivity index (χ4n) is 2.36. The Kier molecular flexibility index (Phi) is 8.66. The van der Waals surface area contributed by atoms with Gasteiger partial charge in [0.1, 0.15) is 18.2 Å². The molecule has 0 radical (unpaired) electrons. The third-order valence-electron chi connectivity index (χ3n) is 3.69. The van der Waals surface area contributed by atoms with Gasteiger partial charge in [0.05, 0.1) is 11.1 Å². The van der Waals surface area contributed by atoms with Crippen LogP contribution in [0.3, 0.4) is 0 Å². The molecule has 6 heteroatoms. The minimum Gasteiger partial charge on any atom is -0.489 e. The molecule has 0 atom stereocenters. The lowest BCUT2D eigenvalue weighted by Gasteiger charge is -2.14. The van der Waals surface area contributed by atoms with E-state index in [4.69, 9.17) is 32.7 Å². The van der Waals surface area contributed by atoms with Gasteiger partial charge in [0, 0.05) is 29.3 Å². The molecule has 3 nitrogen and oxygen atoms in total. The summed E-state index contributed by atoms with van der Waals surface area (Å²) in [6.07, 6.45) is 1.18. The summed E-state index contributed by atoms with van der Waals surface area (Å²) in [6, 6.07) is 9.76. The van der Waals surface area contributed by atoms with Crippen LogP contribution in [0.4, 0.5) is 4.39 Å². The Balaban J connectivity index is 1.90. The van der Waals surface area contributed by atoms with Crippen LogP contribution in [0, 0.1) is 5.82 Å². The number of nitrogens with one attached hydrogen (secondary N) is 1. The number of rotatable bonds is 10. The second-order valence-corrected chi connectivity index (χ2v) is 7.07. The van der Waals surface area contributed by atoms with Crippen molar-refractivity contribution in [1.29, 1.82) is 0 Å². The van der Waals surface area contributed by atoms with Crippen molar-refractivity contribution in [3.8, 4) is 5.75 Å². The van der Waals surface area contributed by atoms with E-state index < -0.39 is 0 Å². The minimum absolute atomic E-state index is 0.251. The number of hydrogen-bond acceptors (Lipinski definition) is 3. The van der Waals surface area contributed by atoms with Crippen molar-refractivity contribution >= 4 is 23.2 Å². The van der Waals surface area contributed by atoms with E-state index >= 15 is 0 Å². The van der Waals surface area contributed by atoms with Gasteiger partial charge >= 0.3 is 0 Å². The highest BCUT2D eigenvalue weighted by Gasteiger charge is 2.08. The van der Waals surface area contributed by atoms with E-state index in [0.29, 0.717) is 16.6 Å². The van der Waals surface area contributed by atoms with Crippen LogP contribution in [0.25, 0.3) is 0 Å². The minimum atomic E-state index is -0.364. The topological polar surface area (TPSA) is 30.5 Å². The van der Waals surface area contributed by atoms with E-state index in [1.807, 2.05) is 26.0 Å². The summed E-state index contributed by atoms with van der Waals surface area (Å²) in [4.78, 5) is 0. The molecular formula is C20H24Cl2FNO2. The van der Waals surface area contributed by atoms with Gasteiger partial charge < -0.3 is 14.8 Å². The maximum atomic E-state index is 13.1. The van der Waals surface area contributed by atoms with E-state index in [9.17, 15) is 4.39 Å². The van der Waals surface area contributed by atoms with E-state index in [1.165, 1.54) is 12.1 Å². The van der Waals surface area contributed by atoms with Crippen molar-refractivity contribution in [3.05, 3.63) is 63.4 Å². The molecule has 0 aliphatic carbocycles. The van der Waals surface area contributed by atoms with Gasteiger partial charge in [-0.1, -0.05) is 29.3 Å². The van der Waals surface area contributed by atoms with Crippen molar-refractivity contribution in [2.75, 3.05) is 13.2 Å². The van der Waals surface area contributed by atoms with Crippen LogP contribution in [-0.4, -0.2) is 19.3 Å². The number of halogens is 3. The quantitative estimate of drug-likeness (QED) is 0.526. The first-order valence-electron chi connectivity index (χ1n) is 8.63. The van der Waals surface area contributed by atoms with Crippen LogP contribution < -0.4 is 10.1 Å². The fraction of sp³-hybridized carbons (Fsp3) is 0.400. The highest BCUT2D eigenvalue weighted by molar-refractivity contribution is 6.31. The third kappa shape index (κ3) is 7.12. The molecule has 0 saturated carbocycles. The normalized spacial score (nSPS) is 11.2. The Morgan fingerprint density at radius 2 is 1.88 bits per heavy atom. The molecule has 1 N–H and O–H groups in total. The second-order valence-electron chi connectivity index (χ2n) is 6.23. The monoisotopic (exact) mass is 399 g/mol. The molecule has 2 rings (SSSR count). The Labute approximate surface area is 164 Å². The molecule has 0 saturated heterocycles. The molecule has 0 unspecified atom stereocenters. The lowest BCUT2D eigenvalue weighted by atomic mass is 10.2. The number of benzene rings is 2. The van der Waals surface area contributed by atoms with Gasteiger partial charge in [-0.3, -0.25) is 0 Å². The predicted molar refractivity (Wildman–Crippen MR) is 105 cm³/mol. The van der Waals surface area contributed by atoms with Gasteiger partial charge in [0.2, 0.25) is 0 Å². The van der Waals surface area contributed by atoms with E-state index in [1.54, 1.807) is 12.1 Å². The molecule has 0 aromatic heterocycles. The first-order valence-corrected chi connectivity index (χ1v) is 9.39. The van der Waals surface area contributed by atoms with E-state index in [-0.39, 0.29) is 18.5 Å². The second kappa shape index (κ2) is 10.7. The predicted octanol–water partition coefficient (Wildman–Crippen LogP) is 5.62. The van der Waals surface area contributed by atoms with Gasteiger partial charge in [0.15, 0.2) is 0 Å². The molecule has 2 aromatic rings. The van der Waals surface area contributed by atoms with Gasteiger partial charge in [-0.2, -0.15) is 0 Å². The average Bonchev–Trinajstić information content (AvgIpc) is 2.58. The standard InChI is InChI=1S/C20H24Cl2FNO2/c1-14(2)25-9-3-8-24-12-16-10-17(21)5-7-20(16)26-13-15-4-6-18(23)11-19(15)22/h4-7,10-11,14,24H,3,8-9,12-13H2,1-2H3. The molecule has 0 bridgehead atoms. The Bertz CT molecular complexity index is 710. The molecule has 0 amide bonds. The molecule has 0 fully saturated rings. The first kappa shape index (κ1) is 21.0. The molecule has 0 aliphatic rings. The zero-order chi connectivity index (χ0) is 18.9. The highest BCUT2D eigenvalue weighted by atomic mass is 35.5. The van der Waals surface area contributed by atoms with Crippen molar-refractivity contribution in [3.63, 3.8) is 0 Å². The summed E-state index contributed by atoms with van der Waals surface area (Å²) in [5.74, 6) is 0.359. The van der Waals surface area contributed by atoms with E-state index in [0.717, 1.165) is 36.4 Å². The summed E-state index contributed by atoms with van der Waals surface area (Å²) in [6.45, 7) is 6.51. The van der Waals surface area contributed by atoms with Crippen LogP contribution in [0.2, 0.25) is 10.0 Å². The maximum Gasteiger partial charge on any atom is 0.124 e. The summed E-state index contributed by atoms with van der Waals surface area (Å²) in [5.41, 5.74) is 1.69. The van der Waals surface area contributed by atoms with Crippen LogP contribution in [0.5, 0.6) is 5.75 Å². The summed E-state index contributed by atoms with van der Waals surface area (Å²) in [7, 11) is 0. The fourth-order valence-corrected chi connectivity index (χ4v) is 2.78. The molecule has 26 heavy (non-hydrogen) atoms. The highest BCUT2D eigenvalue weighted by Crippen LogP contribution is 2.25. The Morgan fingerprint density at radius 3 is 2.62 bits per heavy atom. The zero-order valence-corrected chi connectivity index (χ0v) is 16.5. The molecule has 2 aromatic carbocycles. The molecule has 0 heterocycles. The largest absolute Gasteiger partial charge is 0.489 e. The van der Waals surface area contributed by atoms with Crippen LogP contribution in [-0.2, 0) is 17.9 Å².